The fourth-order valence-electron chi connectivity index (χ4n) is 1.01. The largest absolute Gasteiger partial charge is 0.464 e. The SMILES string of the molecule is COC(=O)c1csc(-c2ccncn2)n1. The van der Waals surface area contributed by atoms with Gasteiger partial charge in [-0.15, -0.1) is 11.3 Å². The lowest BCUT2D eigenvalue weighted by Crippen LogP contribution is -2.01. The number of ether oxygens (including phenoxy) is 1. The highest BCUT2D eigenvalue weighted by Gasteiger charge is 2.11. The third-order valence-electron chi connectivity index (χ3n) is 1.70. The molecule has 0 radical (unpaired) electrons. The Balaban J connectivity index is 2.32. The molecule has 2 heterocycles. The minimum Gasteiger partial charge on any atom is -0.464 e. The molecule has 0 bridgehead atoms. The Kier molecular flexibility index (Phi) is 2.68. The van der Waals surface area contributed by atoms with Gasteiger partial charge in [0, 0.05) is 11.6 Å². The summed E-state index contributed by atoms with van der Waals surface area (Å²) in [7, 11) is 1.33. The average molecular weight is 221 g/mol. The zero-order valence-electron chi connectivity index (χ0n) is 7.88. The first-order valence-electron chi connectivity index (χ1n) is 4.11. The molecule has 0 N–H and O–H groups in total. The number of carbonyl (C=O) groups excluding carboxylic acids is 1. The van der Waals surface area contributed by atoms with Crippen LogP contribution in [0.2, 0.25) is 0 Å². The molecule has 0 spiro atoms. The van der Waals surface area contributed by atoms with Crippen LogP contribution in [0.15, 0.2) is 24.0 Å². The number of methoxy groups -OCH3 is 1. The van der Waals surface area contributed by atoms with Crippen molar-refractivity contribution in [2.75, 3.05) is 7.11 Å². The van der Waals surface area contributed by atoms with Gasteiger partial charge in [0.25, 0.3) is 0 Å². The Morgan fingerprint density at radius 2 is 2.40 bits per heavy atom. The van der Waals surface area contributed by atoms with Crippen LogP contribution in [0.25, 0.3) is 10.7 Å². The second-order valence-corrected chi connectivity index (χ2v) is 3.48. The van der Waals surface area contributed by atoms with Gasteiger partial charge in [-0.3, -0.25) is 0 Å². The van der Waals surface area contributed by atoms with Gasteiger partial charge >= 0.3 is 5.97 Å². The molecule has 0 saturated heterocycles. The normalized spacial score (nSPS) is 9.93. The van der Waals surface area contributed by atoms with Crippen molar-refractivity contribution in [1.29, 1.82) is 0 Å². The lowest BCUT2D eigenvalue weighted by atomic mass is 10.4. The molecule has 0 aromatic carbocycles. The van der Waals surface area contributed by atoms with Gasteiger partial charge in [0.2, 0.25) is 0 Å². The maximum Gasteiger partial charge on any atom is 0.357 e. The van der Waals surface area contributed by atoms with Gasteiger partial charge in [0.05, 0.1) is 7.11 Å². The fraction of sp³-hybridized carbons (Fsp3) is 0.111. The lowest BCUT2D eigenvalue weighted by Gasteiger charge is -1.93. The first-order chi connectivity index (χ1) is 7.31. The average Bonchev–Trinajstić information content (AvgIpc) is 2.78. The van der Waals surface area contributed by atoms with Gasteiger partial charge in [-0.1, -0.05) is 0 Å². The van der Waals surface area contributed by atoms with E-state index in [1.165, 1.54) is 24.8 Å². The molecule has 0 aliphatic heterocycles. The molecule has 2 rings (SSSR count). The summed E-state index contributed by atoms with van der Waals surface area (Å²) >= 11 is 1.34. The van der Waals surface area contributed by atoms with Crippen molar-refractivity contribution in [2.45, 2.75) is 0 Å². The Hall–Kier alpha value is -1.82. The number of esters is 1. The Bertz CT molecular complexity index is 469. The molecule has 0 aliphatic carbocycles. The molecule has 0 aliphatic rings. The van der Waals surface area contributed by atoms with Crippen LogP contribution in [0.5, 0.6) is 0 Å². The molecule has 0 atom stereocenters. The number of nitrogens with zero attached hydrogens (tertiary/aromatic N) is 3. The van der Waals surface area contributed by atoms with Gasteiger partial charge in [-0.25, -0.2) is 19.7 Å². The van der Waals surface area contributed by atoms with E-state index >= 15 is 0 Å². The number of aromatic nitrogens is 3. The van der Waals surface area contributed by atoms with Crippen molar-refractivity contribution in [1.82, 2.24) is 15.0 Å². The van der Waals surface area contributed by atoms with Crippen LogP contribution >= 0.6 is 11.3 Å². The van der Waals surface area contributed by atoms with E-state index in [0.29, 0.717) is 16.4 Å². The summed E-state index contributed by atoms with van der Waals surface area (Å²) in [6, 6.07) is 1.74. The van der Waals surface area contributed by atoms with E-state index in [9.17, 15) is 4.79 Å². The van der Waals surface area contributed by atoms with E-state index in [1.807, 2.05) is 0 Å². The third kappa shape index (κ3) is 1.99. The van der Waals surface area contributed by atoms with Gasteiger partial charge < -0.3 is 4.74 Å². The van der Waals surface area contributed by atoms with Crippen LogP contribution in [-0.2, 0) is 4.74 Å². The number of hydrogen-bond acceptors (Lipinski definition) is 6. The standard InChI is InChI=1S/C9H7N3O2S/c1-14-9(13)7-4-15-8(12-7)6-2-3-10-5-11-6/h2-5H,1H3. The quantitative estimate of drug-likeness (QED) is 0.717. The van der Waals surface area contributed by atoms with E-state index in [-0.39, 0.29) is 0 Å². The molecule has 0 saturated carbocycles. The topological polar surface area (TPSA) is 65.0 Å². The van der Waals surface area contributed by atoms with Crippen LogP contribution in [0.3, 0.4) is 0 Å². The lowest BCUT2D eigenvalue weighted by molar-refractivity contribution is 0.0595. The monoisotopic (exact) mass is 221 g/mol. The third-order valence-corrected chi connectivity index (χ3v) is 2.56. The van der Waals surface area contributed by atoms with Crippen LogP contribution < -0.4 is 0 Å². The summed E-state index contributed by atoms with van der Waals surface area (Å²) in [6.07, 6.45) is 3.07. The maximum atomic E-state index is 11.1. The Labute approximate surface area is 89.8 Å². The second kappa shape index (κ2) is 4.14. The van der Waals surface area contributed by atoms with Gasteiger partial charge in [0.15, 0.2) is 5.69 Å². The molecule has 6 heteroatoms. The number of rotatable bonds is 2. The zero-order chi connectivity index (χ0) is 10.7. The van der Waals surface area contributed by atoms with Crippen molar-refractivity contribution >= 4 is 17.3 Å². The fourth-order valence-corrected chi connectivity index (χ4v) is 1.77. The Morgan fingerprint density at radius 1 is 1.53 bits per heavy atom. The van der Waals surface area contributed by atoms with Crippen LogP contribution in [0, 0.1) is 0 Å². The highest BCUT2D eigenvalue weighted by atomic mass is 32.1. The van der Waals surface area contributed by atoms with Crippen molar-refractivity contribution in [3.63, 3.8) is 0 Å². The molecule has 5 nitrogen and oxygen atoms in total. The van der Waals surface area contributed by atoms with Gasteiger partial charge in [-0.2, -0.15) is 0 Å². The number of hydrogen-bond donors (Lipinski definition) is 0. The minimum absolute atomic E-state index is 0.302. The van der Waals surface area contributed by atoms with Crippen LogP contribution in [0.4, 0.5) is 0 Å². The molecule has 15 heavy (non-hydrogen) atoms. The molecule has 0 fully saturated rings. The van der Waals surface area contributed by atoms with Gasteiger partial charge in [-0.05, 0) is 6.07 Å². The molecule has 2 aromatic heterocycles. The number of thiazole rings is 1. The molecular formula is C9H7N3O2S. The van der Waals surface area contributed by atoms with E-state index in [1.54, 1.807) is 17.6 Å². The predicted molar refractivity (Wildman–Crippen MR) is 54.5 cm³/mol. The highest BCUT2D eigenvalue weighted by molar-refractivity contribution is 7.13. The molecule has 0 amide bonds. The minimum atomic E-state index is -0.438. The predicted octanol–water partition coefficient (Wildman–Crippen LogP) is 1.39. The summed E-state index contributed by atoms with van der Waals surface area (Å²) in [5.74, 6) is -0.438. The first-order valence-corrected chi connectivity index (χ1v) is 4.99. The number of carbonyl (C=O) groups is 1. The second-order valence-electron chi connectivity index (χ2n) is 2.62. The summed E-state index contributed by atoms with van der Waals surface area (Å²) < 4.78 is 4.56. The van der Waals surface area contributed by atoms with E-state index in [2.05, 4.69) is 19.7 Å². The molecule has 0 unspecified atom stereocenters. The van der Waals surface area contributed by atoms with E-state index in [0.717, 1.165) is 0 Å². The van der Waals surface area contributed by atoms with Crippen molar-refractivity contribution in [2.24, 2.45) is 0 Å². The molecule has 2 aromatic rings. The van der Waals surface area contributed by atoms with Crippen molar-refractivity contribution in [3.8, 4) is 10.7 Å². The molecular weight excluding hydrogens is 214 g/mol. The highest BCUT2D eigenvalue weighted by Crippen LogP contribution is 2.21. The first kappa shape index (κ1) is 9.72. The van der Waals surface area contributed by atoms with E-state index < -0.39 is 5.97 Å². The van der Waals surface area contributed by atoms with E-state index in [4.69, 9.17) is 0 Å². The Morgan fingerprint density at radius 3 is 3.07 bits per heavy atom. The summed E-state index contributed by atoms with van der Waals surface area (Å²) in [4.78, 5) is 23.1. The van der Waals surface area contributed by atoms with Crippen molar-refractivity contribution < 1.29 is 9.53 Å². The van der Waals surface area contributed by atoms with Crippen LogP contribution in [0.1, 0.15) is 10.5 Å². The summed E-state index contributed by atoms with van der Waals surface area (Å²) in [5.41, 5.74) is 1.00. The van der Waals surface area contributed by atoms with Crippen LogP contribution in [-0.4, -0.2) is 28.0 Å². The maximum absolute atomic E-state index is 11.1. The smallest absolute Gasteiger partial charge is 0.357 e. The van der Waals surface area contributed by atoms with Gasteiger partial charge in [0.1, 0.15) is 17.0 Å². The van der Waals surface area contributed by atoms with Crippen molar-refractivity contribution in [3.05, 3.63) is 29.7 Å². The zero-order valence-corrected chi connectivity index (χ0v) is 8.69. The summed E-state index contributed by atoms with van der Waals surface area (Å²) in [6.45, 7) is 0. The molecule has 76 valence electrons. The summed E-state index contributed by atoms with van der Waals surface area (Å²) in [5, 5.41) is 2.32.